The summed E-state index contributed by atoms with van der Waals surface area (Å²) in [5.41, 5.74) is 0. The monoisotopic (exact) mass is 414 g/mol. The lowest BCUT2D eigenvalue weighted by molar-refractivity contribution is 0.202. The molecule has 2 nitrogen and oxygen atoms in total. The SMILES string of the molecule is Brc1ccsc1[C@@H](c1cccs1)N1CCNCC1.Cl.Cl. The van der Waals surface area contributed by atoms with Crippen LogP contribution >= 0.6 is 63.4 Å². The Morgan fingerprint density at radius 1 is 1.10 bits per heavy atom. The number of nitrogens with one attached hydrogen (secondary N) is 1. The molecule has 3 rings (SSSR count). The molecule has 0 amide bonds. The van der Waals surface area contributed by atoms with Gasteiger partial charge in [0.2, 0.25) is 0 Å². The zero-order valence-electron chi connectivity index (χ0n) is 10.8. The fourth-order valence-electron chi connectivity index (χ4n) is 2.36. The molecule has 0 unspecified atom stereocenters. The van der Waals surface area contributed by atoms with Crippen molar-refractivity contribution in [2.75, 3.05) is 26.2 Å². The minimum Gasteiger partial charge on any atom is -0.314 e. The zero-order valence-corrected chi connectivity index (χ0v) is 15.6. The van der Waals surface area contributed by atoms with Gasteiger partial charge in [-0.25, -0.2) is 0 Å². The average Bonchev–Trinajstić information content (AvgIpc) is 3.05. The van der Waals surface area contributed by atoms with Crippen molar-refractivity contribution in [1.82, 2.24) is 10.2 Å². The molecule has 112 valence electrons. The van der Waals surface area contributed by atoms with E-state index in [0.29, 0.717) is 6.04 Å². The molecule has 0 spiro atoms. The second-order valence-electron chi connectivity index (χ2n) is 4.34. The lowest BCUT2D eigenvalue weighted by Crippen LogP contribution is -2.45. The summed E-state index contributed by atoms with van der Waals surface area (Å²) in [6, 6.07) is 6.98. The van der Waals surface area contributed by atoms with Crippen molar-refractivity contribution >= 4 is 63.4 Å². The minimum absolute atomic E-state index is 0. The molecule has 1 aliphatic rings. The maximum Gasteiger partial charge on any atom is 0.0802 e. The van der Waals surface area contributed by atoms with Crippen LogP contribution in [0.5, 0.6) is 0 Å². The van der Waals surface area contributed by atoms with Gasteiger partial charge in [-0.3, -0.25) is 4.90 Å². The molecule has 0 aliphatic carbocycles. The van der Waals surface area contributed by atoms with Crippen LogP contribution in [0.3, 0.4) is 0 Å². The van der Waals surface area contributed by atoms with Crippen LogP contribution in [-0.2, 0) is 0 Å². The van der Waals surface area contributed by atoms with Crippen LogP contribution in [0, 0.1) is 0 Å². The van der Waals surface area contributed by atoms with Gasteiger partial charge in [-0.15, -0.1) is 47.5 Å². The Hall–Kier alpha value is 0.380. The molecule has 1 N–H and O–H groups in total. The van der Waals surface area contributed by atoms with E-state index in [1.54, 1.807) is 0 Å². The van der Waals surface area contributed by atoms with E-state index in [1.165, 1.54) is 14.2 Å². The summed E-state index contributed by atoms with van der Waals surface area (Å²) in [7, 11) is 0. The average molecular weight is 416 g/mol. The van der Waals surface area contributed by atoms with Gasteiger partial charge in [0.15, 0.2) is 0 Å². The van der Waals surface area contributed by atoms with Gasteiger partial charge in [-0.05, 0) is 38.8 Å². The van der Waals surface area contributed by atoms with Crippen LogP contribution in [0.4, 0.5) is 0 Å². The number of halogens is 3. The Bertz CT molecular complexity index is 498. The van der Waals surface area contributed by atoms with Gasteiger partial charge < -0.3 is 5.32 Å². The Morgan fingerprint density at radius 3 is 2.40 bits per heavy atom. The van der Waals surface area contributed by atoms with Gasteiger partial charge in [0.1, 0.15) is 0 Å². The quantitative estimate of drug-likeness (QED) is 0.798. The molecule has 1 saturated heterocycles. The Balaban J connectivity index is 0.000001000. The predicted octanol–water partition coefficient (Wildman–Crippen LogP) is 4.41. The van der Waals surface area contributed by atoms with E-state index >= 15 is 0 Å². The number of hydrogen-bond donors (Lipinski definition) is 1. The molecule has 0 radical (unpaired) electrons. The molecule has 2 aromatic heterocycles. The largest absolute Gasteiger partial charge is 0.314 e. The van der Waals surface area contributed by atoms with Gasteiger partial charge in [-0.1, -0.05) is 6.07 Å². The first kappa shape index (κ1) is 18.4. The van der Waals surface area contributed by atoms with Crippen molar-refractivity contribution in [3.63, 3.8) is 0 Å². The molecular formula is C13H17BrCl2N2S2. The van der Waals surface area contributed by atoms with Crippen molar-refractivity contribution in [2.45, 2.75) is 6.04 Å². The molecule has 2 aromatic rings. The second kappa shape index (κ2) is 8.73. The molecule has 7 heteroatoms. The highest BCUT2D eigenvalue weighted by Crippen LogP contribution is 2.38. The summed E-state index contributed by atoms with van der Waals surface area (Å²) >= 11 is 7.39. The number of nitrogens with zero attached hydrogens (tertiary/aromatic N) is 1. The van der Waals surface area contributed by atoms with Crippen molar-refractivity contribution < 1.29 is 0 Å². The molecule has 1 aliphatic heterocycles. The number of piperazine rings is 1. The highest BCUT2D eigenvalue weighted by molar-refractivity contribution is 9.10. The Morgan fingerprint density at radius 2 is 1.85 bits per heavy atom. The van der Waals surface area contributed by atoms with Crippen molar-refractivity contribution in [1.29, 1.82) is 0 Å². The van der Waals surface area contributed by atoms with Gasteiger partial charge in [-0.2, -0.15) is 0 Å². The van der Waals surface area contributed by atoms with E-state index in [2.05, 4.69) is 55.1 Å². The molecule has 1 atom stereocenters. The number of rotatable bonds is 3. The first-order valence-corrected chi connectivity index (χ1v) is 8.62. The smallest absolute Gasteiger partial charge is 0.0802 e. The van der Waals surface area contributed by atoms with Crippen LogP contribution in [0.25, 0.3) is 0 Å². The van der Waals surface area contributed by atoms with Crippen LogP contribution in [0.15, 0.2) is 33.4 Å². The second-order valence-corrected chi connectivity index (χ2v) is 7.12. The number of thiophene rings is 2. The first-order valence-electron chi connectivity index (χ1n) is 6.07. The van der Waals surface area contributed by atoms with Gasteiger partial charge in [0.05, 0.1) is 6.04 Å². The van der Waals surface area contributed by atoms with Gasteiger partial charge >= 0.3 is 0 Å². The van der Waals surface area contributed by atoms with Crippen LogP contribution in [0.2, 0.25) is 0 Å². The molecular weight excluding hydrogens is 399 g/mol. The Kier molecular flexibility index (Phi) is 8.05. The first-order chi connectivity index (χ1) is 8.86. The van der Waals surface area contributed by atoms with E-state index in [-0.39, 0.29) is 24.8 Å². The normalized spacial score (nSPS) is 17.1. The topological polar surface area (TPSA) is 15.3 Å². The maximum absolute atomic E-state index is 3.69. The van der Waals surface area contributed by atoms with E-state index in [4.69, 9.17) is 0 Å². The highest BCUT2D eigenvalue weighted by atomic mass is 79.9. The standard InChI is InChI=1S/C13H15BrN2S2.2ClH/c14-10-3-9-18-13(10)12(11-2-1-8-17-11)16-6-4-15-5-7-16;;/h1-3,8-9,12,15H,4-7H2;2*1H/t12-;;/m1../s1. The third-order valence-corrected chi connectivity index (χ3v) is 6.07. The third kappa shape index (κ3) is 3.97. The zero-order chi connectivity index (χ0) is 12.4. The van der Waals surface area contributed by atoms with E-state index in [9.17, 15) is 0 Å². The molecule has 1 fully saturated rings. The predicted molar refractivity (Wildman–Crippen MR) is 97.1 cm³/mol. The fourth-order valence-corrected chi connectivity index (χ4v) is 5.05. The Labute approximate surface area is 148 Å². The summed E-state index contributed by atoms with van der Waals surface area (Å²) in [4.78, 5) is 5.46. The van der Waals surface area contributed by atoms with E-state index in [1.807, 2.05) is 22.7 Å². The van der Waals surface area contributed by atoms with Crippen LogP contribution in [0.1, 0.15) is 15.8 Å². The van der Waals surface area contributed by atoms with E-state index < -0.39 is 0 Å². The van der Waals surface area contributed by atoms with E-state index in [0.717, 1.165) is 26.2 Å². The summed E-state index contributed by atoms with van der Waals surface area (Å²) in [6.45, 7) is 4.41. The maximum atomic E-state index is 3.69. The summed E-state index contributed by atoms with van der Waals surface area (Å²) < 4.78 is 1.24. The molecule has 20 heavy (non-hydrogen) atoms. The van der Waals surface area contributed by atoms with Crippen molar-refractivity contribution in [2.24, 2.45) is 0 Å². The van der Waals surface area contributed by atoms with Gasteiger partial charge in [0.25, 0.3) is 0 Å². The summed E-state index contributed by atoms with van der Waals surface area (Å²) in [5, 5.41) is 7.77. The molecule has 0 bridgehead atoms. The number of hydrogen-bond acceptors (Lipinski definition) is 4. The lowest BCUT2D eigenvalue weighted by atomic mass is 10.1. The third-order valence-electron chi connectivity index (χ3n) is 3.22. The van der Waals surface area contributed by atoms with Crippen LogP contribution < -0.4 is 5.32 Å². The summed E-state index contributed by atoms with van der Waals surface area (Å²) in [5.74, 6) is 0. The van der Waals surface area contributed by atoms with Crippen molar-refractivity contribution in [3.8, 4) is 0 Å². The lowest BCUT2D eigenvalue weighted by Gasteiger charge is -2.34. The molecule has 0 aromatic carbocycles. The van der Waals surface area contributed by atoms with Crippen LogP contribution in [-0.4, -0.2) is 31.1 Å². The van der Waals surface area contributed by atoms with Crippen molar-refractivity contribution in [3.05, 3.63) is 43.2 Å². The summed E-state index contributed by atoms with van der Waals surface area (Å²) in [6.07, 6.45) is 0. The fraction of sp³-hybridized carbons (Fsp3) is 0.385. The highest BCUT2D eigenvalue weighted by Gasteiger charge is 2.27. The minimum atomic E-state index is 0. The molecule has 3 heterocycles. The van der Waals surface area contributed by atoms with Gasteiger partial charge in [0, 0.05) is 40.4 Å². The molecule has 0 saturated carbocycles.